The number of anilines is 1. The van der Waals surface area contributed by atoms with Crippen molar-refractivity contribution < 1.29 is 23.5 Å². The molecule has 1 aromatic carbocycles. The van der Waals surface area contributed by atoms with Gasteiger partial charge in [0.05, 0.1) is 12.2 Å². The lowest BCUT2D eigenvalue weighted by molar-refractivity contribution is -0.138. The zero-order valence-corrected chi connectivity index (χ0v) is 11.2. The minimum atomic E-state index is -1.10. The third kappa shape index (κ3) is 3.88. The smallest absolute Gasteiger partial charge is 0.322 e. The van der Waals surface area contributed by atoms with Gasteiger partial charge in [-0.25, -0.2) is 13.6 Å². The maximum atomic E-state index is 13.5. The van der Waals surface area contributed by atoms with E-state index in [-0.39, 0.29) is 12.2 Å². The highest BCUT2D eigenvalue weighted by Gasteiger charge is 2.23. The first-order valence-corrected chi connectivity index (χ1v) is 6.41. The van der Waals surface area contributed by atoms with Crippen LogP contribution in [0, 0.1) is 11.6 Å². The molecule has 0 aromatic heterocycles. The van der Waals surface area contributed by atoms with Crippen LogP contribution in [0.2, 0.25) is 0 Å². The van der Waals surface area contributed by atoms with Gasteiger partial charge < -0.3 is 15.3 Å². The lowest BCUT2D eigenvalue weighted by atomic mass is 10.3. The molecule has 1 aromatic rings. The number of halogens is 2. The van der Waals surface area contributed by atoms with Gasteiger partial charge in [-0.1, -0.05) is 6.07 Å². The van der Waals surface area contributed by atoms with Crippen LogP contribution in [0.5, 0.6) is 0 Å². The van der Waals surface area contributed by atoms with Gasteiger partial charge in [0.15, 0.2) is 11.6 Å². The number of nitrogens with one attached hydrogen (secondary N) is 1. The summed E-state index contributed by atoms with van der Waals surface area (Å²) in [5, 5.41) is 11.0. The molecule has 2 rings (SSSR count). The fourth-order valence-corrected chi connectivity index (χ4v) is 2.09. The lowest BCUT2D eigenvalue weighted by Gasteiger charge is -2.33. The van der Waals surface area contributed by atoms with E-state index in [9.17, 15) is 18.4 Å². The van der Waals surface area contributed by atoms with E-state index < -0.39 is 23.6 Å². The van der Waals surface area contributed by atoms with E-state index in [0.29, 0.717) is 26.2 Å². The van der Waals surface area contributed by atoms with E-state index in [1.807, 2.05) is 0 Å². The highest BCUT2D eigenvalue weighted by Crippen LogP contribution is 2.17. The molecule has 8 heteroatoms. The minimum absolute atomic E-state index is 0.0754. The Morgan fingerprint density at radius 1 is 1.19 bits per heavy atom. The first-order chi connectivity index (χ1) is 9.97. The number of carbonyl (C=O) groups is 2. The summed E-state index contributed by atoms with van der Waals surface area (Å²) in [4.78, 5) is 25.7. The largest absolute Gasteiger partial charge is 0.480 e. The molecule has 0 bridgehead atoms. The van der Waals surface area contributed by atoms with Crippen molar-refractivity contribution in [3.05, 3.63) is 29.8 Å². The number of piperazine rings is 1. The maximum Gasteiger partial charge on any atom is 0.322 e. The summed E-state index contributed by atoms with van der Waals surface area (Å²) >= 11 is 0. The fourth-order valence-electron chi connectivity index (χ4n) is 2.09. The predicted octanol–water partition coefficient (Wildman–Crippen LogP) is 1.20. The van der Waals surface area contributed by atoms with Crippen molar-refractivity contribution in [3.63, 3.8) is 0 Å². The Balaban J connectivity index is 1.90. The second-order valence-corrected chi connectivity index (χ2v) is 4.69. The van der Waals surface area contributed by atoms with Crippen LogP contribution in [0.4, 0.5) is 19.3 Å². The van der Waals surface area contributed by atoms with Gasteiger partial charge in [0.25, 0.3) is 0 Å². The molecule has 0 saturated carbocycles. The Kier molecular flexibility index (Phi) is 4.69. The molecule has 0 spiro atoms. The highest BCUT2D eigenvalue weighted by atomic mass is 19.2. The van der Waals surface area contributed by atoms with Crippen LogP contribution in [0.1, 0.15) is 0 Å². The van der Waals surface area contributed by atoms with Crippen LogP contribution in [-0.2, 0) is 4.79 Å². The molecular formula is C13H15F2N3O3. The number of carboxylic acids is 1. The number of carboxylic acid groups (broad SMARTS) is 1. The molecule has 1 aliphatic rings. The molecule has 6 nitrogen and oxygen atoms in total. The molecule has 21 heavy (non-hydrogen) atoms. The quantitative estimate of drug-likeness (QED) is 0.879. The van der Waals surface area contributed by atoms with Crippen LogP contribution in [0.15, 0.2) is 18.2 Å². The third-order valence-electron chi connectivity index (χ3n) is 3.21. The van der Waals surface area contributed by atoms with Crippen molar-refractivity contribution in [2.75, 3.05) is 38.0 Å². The SMILES string of the molecule is O=C(O)CN1CCN(C(=O)Nc2cccc(F)c2F)CC1. The molecule has 1 fully saturated rings. The molecular weight excluding hydrogens is 284 g/mol. The molecule has 1 saturated heterocycles. The molecule has 1 heterocycles. The number of aliphatic carboxylic acids is 1. The van der Waals surface area contributed by atoms with Gasteiger partial charge in [-0.3, -0.25) is 9.69 Å². The molecule has 0 radical (unpaired) electrons. The van der Waals surface area contributed by atoms with Crippen LogP contribution in [0.25, 0.3) is 0 Å². The fraction of sp³-hybridized carbons (Fsp3) is 0.385. The van der Waals surface area contributed by atoms with Crippen molar-refractivity contribution in [2.24, 2.45) is 0 Å². The van der Waals surface area contributed by atoms with Gasteiger partial charge >= 0.3 is 12.0 Å². The minimum Gasteiger partial charge on any atom is -0.480 e. The highest BCUT2D eigenvalue weighted by molar-refractivity contribution is 5.89. The van der Waals surface area contributed by atoms with Gasteiger partial charge in [-0.2, -0.15) is 0 Å². The monoisotopic (exact) mass is 299 g/mol. The summed E-state index contributed by atoms with van der Waals surface area (Å²) < 4.78 is 26.5. The van der Waals surface area contributed by atoms with E-state index in [2.05, 4.69) is 5.32 Å². The summed E-state index contributed by atoms with van der Waals surface area (Å²) in [6.07, 6.45) is 0. The third-order valence-corrected chi connectivity index (χ3v) is 3.21. The number of benzene rings is 1. The van der Waals surface area contributed by atoms with Crippen LogP contribution in [-0.4, -0.2) is 59.6 Å². The van der Waals surface area contributed by atoms with Crippen LogP contribution >= 0.6 is 0 Å². The van der Waals surface area contributed by atoms with Crippen LogP contribution in [0.3, 0.4) is 0 Å². The summed E-state index contributed by atoms with van der Waals surface area (Å²) in [5.74, 6) is -3.05. The number of carbonyl (C=O) groups excluding carboxylic acids is 1. The summed E-state index contributed by atoms with van der Waals surface area (Å²) in [6, 6.07) is 3.01. The maximum absolute atomic E-state index is 13.5. The average Bonchev–Trinajstić information content (AvgIpc) is 2.44. The molecule has 114 valence electrons. The van der Waals surface area contributed by atoms with Gasteiger partial charge in [0, 0.05) is 26.2 Å². The second kappa shape index (κ2) is 6.49. The zero-order valence-electron chi connectivity index (χ0n) is 11.2. The van der Waals surface area contributed by atoms with Gasteiger partial charge in [-0.05, 0) is 12.1 Å². The lowest BCUT2D eigenvalue weighted by Crippen LogP contribution is -2.51. The van der Waals surface area contributed by atoms with E-state index in [1.54, 1.807) is 4.90 Å². The summed E-state index contributed by atoms with van der Waals surface area (Å²) in [5.41, 5.74) is -0.215. The zero-order chi connectivity index (χ0) is 15.4. The van der Waals surface area contributed by atoms with Crippen molar-refractivity contribution in [1.29, 1.82) is 0 Å². The van der Waals surface area contributed by atoms with Crippen LogP contribution < -0.4 is 5.32 Å². The van der Waals surface area contributed by atoms with Gasteiger partial charge in [0.1, 0.15) is 0 Å². The Morgan fingerprint density at radius 3 is 2.48 bits per heavy atom. The van der Waals surface area contributed by atoms with Gasteiger partial charge in [-0.15, -0.1) is 0 Å². The number of hydrogen-bond acceptors (Lipinski definition) is 3. The van der Waals surface area contributed by atoms with E-state index in [4.69, 9.17) is 5.11 Å². The Labute approximate surface area is 119 Å². The first-order valence-electron chi connectivity index (χ1n) is 6.41. The number of hydrogen-bond donors (Lipinski definition) is 2. The van der Waals surface area contributed by atoms with Crippen molar-refractivity contribution >= 4 is 17.7 Å². The summed E-state index contributed by atoms with van der Waals surface area (Å²) in [6.45, 7) is 1.43. The molecule has 0 aliphatic carbocycles. The van der Waals surface area contributed by atoms with Gasteiger partial charge in [0.2, 0.25) is 0 Å². The second-order valence-electron chi connectivity index (χ2n) is 4.69. The first kappa shape index (κ1) is 15.2. The van der Waals surface area contributed by atoms with Crippen molar-refractivity contribution in [2.45, 2.75) is 0 Å². The average molecular weight is 299 g/mol. The molecule has 1 aliphatic heterocycles. The molecule has 0 atom stereocenters. The normalized spacial score (nSPS) is 15.8. The number of amides is 2. The Bertz CT molecular complexity index is 545. The molecule has 0 unspecified atom stereocenters. The number of urea groups is 1. The van der Waals surface area contributed by atoms with E-state index in [0.717, 1.165) is 6.07 Å². The molecule has 2 N–H and O–H groups in total. The summed E-state index contributed by atoms with van der Waals surface area (Å²) in [7, 11) is 0. The predicted molar refractivity (Wildman–Crippen MR) is 71.0 cm³/mol. The Hall–Kier alpha value is -2.22. The number of nitrogens with zero attached hydrogens (tertiary/aromatic N) is 2. The number of rotatable bonds is 3. The van der Waals surface area contributed by atoms with Crippen molar-refractivity contribution in [3.8, 4) is 0 Å². The topological polar surface area (TPSA) is 72.9 Å². The van der Waals surface area contributed by atoms with E-state index >= 15 is 0 Å². The standard InChI is InChI=1S/C13H15F2N3O3/c14-9-2-1-3-10(12(9)15)16-13(21)18-6-4-17(5-7-18)8-11(19)20/h1-3H,4-8H2,(H,16,21)(H,19,20). The van der Waals surface area contributed by atoms with E-state index in [1.165, 1.54) is 17.0 Å². The molecule has 2 amide bonds. The Morgan fingerprint density at radius 2 is 1.86 bits per heavy atom. The van der Waals surface area contributed by atoms with Crippen molar-refractivity contribution in [1.82, 2.24) is 9.80 Å².